The average molecular weight is 821 g/mol. The summed E-state index contributed by atoms with van der Waals surface area (Å²) in [5.41, 5.74) is 4.06. The lowest BCUT2D eigenvalue weighted by Gasteiger charge is -2.61. The molecule has 14 atom stereocenters. The maximum atomic E-state index is 12.2. The molecule has 0 amide bonds. The summed E-state index contributed by atoms with van der Waals surface area (Å²) in [6, 6.07) is 30.6. The van der Waals surface area contributed by atoms with Crippen LogP contribution >= 0.6 is 0 Å². The van der Waals surface area contributed by atoms with E-state index in [9.17, 15) is 5.11 Å². The zero-order chi connectivity index (χ0) is 41.7. The SMILES string of the molecule is CC(C)CCC[C@@H](C)[C@H]1CC[C@H]2[C@@H]3CC[C@H]4C[C@@H](O[C@@H]5O[C@H](COCc6ccccc6)[C@@H](OCc6ccccc6)[C@H](OCc6ccccc6)[C@H]5O)CC[C@]4(C)[C@H]3CC[C@]12C. The van der Waals surface area contributed by atoms with Crippen LogP contribution in [0.15, 0.2) is 91.0 Å². The first-order valence-corrected chi connectivity index (χ1v) is 24.0. The van der Waals surface area contributed by atoms with Crippen LogP contribution in [0.25, 0.3) is 0 Å². The summed E-state index contributed by atoms with van der Waals surface area (Å²) in [6.07, 6.45) is 12.1. The quantitative estimate of drug-likeness (QED) is 0.137. The zero-order valence-electron chi connectivity index (χ0n) is 37.5. The maximum absolute atomic E-state index is 12.2. The normalized spacial score (nSPS) is 37.0. The van der Waals surface area contributed by atoms with E-state index in [1.54, 1.807) is 0 Å². The third-order valence-corrected chi connectivity index (χ3v) is 16.7. The van der Waals surface area contributed by atoms with Gasteiger partial charge in [0.05, 0.1) is 32.5 Å². The monoisotopic (exact) mass is 821 g/mol. The molecule has 1 heterocycles. The molecule has 3 aromatic carbocycles. The van der Waals surface area contributed by atoms with E-state index in [4.69, 9.17) is 23.7 Å². The van der Waals surface area contributed by atoms with Gasteiger partial charge >= 0.3 is 0 Å². The Kier molecular flexibility index (Phi) is 14.6. The molecule has 6 heteroatoms. The van der Waals surface area contributed by atoms with E-state index in [0.29, 0.717) is 36.6 Å². The molecule has 0 aromatic heterocycles. The van der Waals surface area contributed by atoms with Crippen molar-refractivity contribution in [2.45, 2.75) is 168 Å². The predicted octanol–water partition coefficient (Wildman–Crippen LogP) is 12.0. The molecule has 5 fully saturated rings. The van der Waals surface area contributed by atoms with E-state index in [0.717, 1.165) is 65.0 Å². The molecular weight excluding hydrogens is 745 g/mol. The summed E-state index contributed by atoms with van der Waals surface area (Å²) >= 11 is 0. The molecule has 1 N–H and O–H groups in total. The largest absolute Gasteiger partial charge is 0.385 e. The first-order valence-electron chi connectivity index (χ1n) is 24.0. The second-order valence-corrected chi connectivity index (χ2v) is 20.8. The molecule has 5 aliphatic rings. The van der Waals surface area contributed by atoms with Crippen molar-refractivity contribution in [3.05, 3.63) is 108 Å². The molecule has 1 aliphatic heterocycles. The van der Waals surface area contributed by atoms with Crippen LogP contribution in [0, 0.1) is 52.3 Å². The summed E-state index contributed by atoms with van der Waals surface area (Å²) in [6.45, 7) is 14.2. The molecule has 0 bridgehead atoms. The Bertz CT molecular complexity index is 1740. The molecule has 3 aromatic rings. The lowest BCUT2D eigenvalue weighted by molar-refractivity contribution is -0.331. The summed E-state index contributed by atoms with van der Waals surface area (Å²) in [4.78, 5) is 0. The highest BCUT2D eigenvalue weighted by Gasteiger charge is 2.61. The molecule has 0 unspecified atom stereocenters. The molecule has 328 valence electrons. The van der Waals surface area contributed by atoms with Gasteiger partial charge in [-0.2, -0.15) is 0 Å². The van der Waals surface area contributed by atoms with Gasteiger partial charge in [-0.25, -0.2) is 0 Å². The van der Waals surface area contributed by atoms with Crippen LogP contribution in [-0.2, 0) is 43.5 Å². The molecule has 0 radical (unpaired) electrons. The van der Waals surface area contributed by atoms with E-state index in [1.807, 2.05) is 54.6 Å². The summed E-state index contributed by atoms with van der Waals surface area (Å²) in [5.74, 6) is 5.74. The summed E-state index contributed by atoms with van der Waals surface area (Å²) in [7, 11) is 0. The van der Waals surface area contributed by atoms with Gasteiger partial charge in [0.2, 0.25) is 0 Å². The van der Waals surface area contributed by atoms with Gasteiger partial charge in [-0.15, -0.1) is 0 Å². The second-order valence-electron chi connectivity index (χ2n) is 20.8. The van der Waals surface area contributed by atoms with Gasteiger partial charge in [-0.05, 0) is 127 Å². The van der Waals surface area contributed by atoms with Crippen LogP contribution in [0.5, 0.6) is 0 Å². The number of hydrogen-bond acceptors (Lipinski definition) is 6. The minimum atomic E-state index is -1.02. The van der Waals surface area contributed by atoms with Gasteiger partial charge < -0.3 is 28.8 Å². The average Bonchev–Trinajstić information content (AvgIpc) is 3.62. The Hall–Kier alpha value is -2.58. The van der Waals surface area contributed by atoms with Crippen molar-refractivity contribution in [1.82, 2.24) is 0 Å². The Balaban J connectivity index is 0.950. The van der Waals surface area contributed by atoms with Gasteiger partial charge in [-0.3, -0.25) is 0 Å². The molecule has 8 rings (SSSR count). The van der Waals surface area contributed by atoms with E-state index in [1.165, 1.54) is 64.2 Å². The highest BCUT2D eigenvalue weighted by molar-refractivity contribution is 5.16. The molecule has 6 nitrogen and oxygen atoms in total. The minimum absolute atomic E-state index is 0.0260. The Morgan fingerprint density at radius 1 is 0.667 bits per heavy atom. The van der Waals surface area contributed by atoms with E-state index in [-0.39, 0.29) is 12.7 Å². The lowest BCUT2D eigenvalue weighted by Crippen LogP contribution is -2.62. The molecule has 4 aliphatic carbocycles. The fourth-order valence-corrected chi connectivity index (χ4v) is 13.5. The van der Waals surface area contributed by atoms with Crippen LogP contribution in [0.2, 0.25) is 0 Å². The van der Waals surface area contributed by atoms with Crippen molar-refractivity contribution in [1.29, 1.82) is 0 Å². The Labute approximate surface area is 362 Å². The second kappa shape index (κ2) is 19.9. The van der Waals surface area contributed by atoms with Crippen molar-refractivity contribution in [2.75, 3.05) is 6.61 Å². The number of benzene rings is 3. The first kappa shape index (κ1) is 44.0. The number of ether oxygens (including phenoxy) is 5. The van der Waals surface area contributed by atoms with Crippen LogP contribution < -0.4 is 0 Å². The van der Waals surface area contributed by atoms with Gasteiger partial charge in [0.1, 0.15) is 24.4 Å². The molecule has 60 heavy (non-hydrogen) atoms. The fourth-order valence-electron chi connectivity index (χ4n) is 13.5. The summed E-state index contributed by atoms with van der Waals surface area (Å²) < 4.78 is 33.4. The molecule has 1 saturated heterocycles. The number of aliphatic hydroxyl groups is 1. The topological polar surface area (TPSA) is 66.4 Å². The van der Waals surface area contributed by atoms with Crippen LogP contribution in [0.1, 0.15) is 128 Å². The number of hydrogen-bond donors (Lipinski definition) is 1. The number of fused-ring (bicyclic) bond motifs is 5. The highest BCUT2D eigenvalue weighted by atomic mass is 16.7. The predicted molar refractivity (Wildman–Crippen MR) is 239 cm³/mol. The highest BCUT2D eigenvalue weighted by Crippen LogP contribution is 2.68. The lowest BCUT2D eigenvalue weighted by atomic mass is 9.44. The van der Waals surface area contributed by atoms with Crippen molar-refractivity contribution >= 4 is 0 Å². The first-order chi connectivity index (χ1) is 29.1. The third kappa shape index (κ3) is 9.80. The third-order valence-electron chi connectivity index (χ3n) is 16.7. The molecular formula is C54H76O6. The van der Waals surface area contributed by atoms with E-state index < -0.39 is 30.7 Å². The van der Waals surface area contributed by atoms with Crippen molar-refractivity contribution in [3.8, 4) is 0 Å². The van der Waals surface area contributed by atoms with E-state index in [2.05, 4.69) is 71.0 Å². The van der Waals surface area contributed by atoms with Crippen molar-refractivity contribution in [3.63, 3.8) is 0 Å². The standard InChI is InChI=1S/C54H76O6/c1-37(2)16-15-17-38(3)45-26-27-46-44-25-24-42-32-43(28-30-53(42,4)47(44)29-31-54(45,46)5)59-52-49(55)51(58-35-41-22-13-8-14-23-41)50(57-34-40-20-11-7-12-21-40)48(60-52)36-56-33-39-18-9-6-10-19-39/h6-14,18-23,37-38,42-52,55H,15-17,24-36H2,1-5H3/t38-,42+,43+,44+,45-,46+,47+,48-,49-,50-,51-,52-,53+,54-/m1/s1. The van der Waals surface area contributed by atoms with Gasteiger partial charge in [0.15, 0.2) is 6.29 Å². The van der Waals surface area contributed by atoms with Gasteiger partial charge in [0, 0.05) is 0 Å². The van der Waals surface area contributed by atoms with Crippen molar-refractivity contribution < 1.29 is 28.8 Å². The van der Waals surface area contributed by atoms with Crippen LogP contribution in [0.3, 0.4) is 0 Å². The summed E-state index contributed by atoms with van der Waals surface area (Å²) in [5, 5.41) is 12.2. The smallest absolute Gasteiger partial charge is 0.186 e. The Morgan fingerprint density at radius 2 is 1.27 bits per heavy atom. The van der Waals surface area contributed by atoms with Crippen molar-refractivity contribution in [2.24, 2.45) is 52.3 Å². The Morgan fingerprint density at radius 3 is 1.92 bits per heavy atom. The fraction of sp³-hybridized carbons (Fsp3) is 0.667. The van der Waals surface area contributed by atoms with Crippen LogP contribution in [-0.4, -0.2) is 48.5 Å². The number of rotatable bonds is 17. The van der Waals surface area contributed by atoms with E-state index >= 15 is 0 Å². The van der Waals surface area contributed by atoms with Gasteiger partial charge in [0.25, 0.3) is 0 Å². The molecule has 0 spiro atoms. The maximum Gasteiger partial charge on any atom is 0.186 e. The number of aliphatic hydroxyl groups excluding tert-OH is 1. The molecule has 4 saturated carbocycles. The minimum Gasteiger partial charge on any atom is -0.385 e. The zero-order valence-corrected chi connectivity index (χ0v) is 37.5. The van der Waals surface area contributed by atoms with Crippen LogP contribution in [0.4, 0.5) is 0 Å². The van der Waals surface area contributed by atoms with Gasteiger partial charge in [-0.1, -0.05) is 145 Å².